The summed E-state index contributed by atoms with van der Waals surface area (Å²) in [5, 5.41) is 10.2. The molecule has 112 valence electrons. The van der Waals surface area contributed by atoms with Gasteiger partial charge in [-0.15, -0.1) is 0 Å². The van der Waals surface area contributed by atoms with E-state index >= 15 is 0 Å². The zero-order valence-electron chi connectivity index (χ0n) is 11.9. The highest BCUT2D eigenvalue weighted by molar-refractivity contribution is 5.20. The molecule has 4 heteroatoms. The SMILES string of the molecule is OC1OCCN(Cc2ccccc2)[C@H]1C1C=CC(F)=CC1. The van der Waals surface area contributed by atoms with Crippen LogP contribution < -0.4 is 0 Å². The topological polar surface area (TPSA) is 32.7 Å². The number of aliphatic hydroxyl groups is 1. The molecule has 1 heterocycles. The number of aliphatic hydroxyl groups excluding tert-OH is 1. The highest BCUT2D eigenvalue weighted by atomic mass is 19.1. The molecular weight excluding hydrogens is 269 g/mol. The van der Waals surface area contributed by atoms with E-state index in [0.29, 0.717) is 13.0 Å². The maximum absolute atomic E-state index is 13.1. The van der Waals surface area contributed by atoms with Gasteiger partial charge in [-0.1, -0.05) is 36.4 Å². The van der Waals surface area contributed by atoms with Crippen molar-refractivity contribution in [3.8, 4) is 0 Å². The van der Waals surface area contributed by atoms with E-state index in [9.17, 15) is 9.50 Å². The molecule has 2 aliphatic rings. The van der Waals surface area contributed by atoms with E-state index in [0.717, 1.165) is 13.1 Å². The van der Waals surface area contributed by atoms with Crippen LogP contribution >= 0.6 is 0 Å². The number of morpholine rings is 1. The Labute approximate surface area is 124 Å². The first kappa shape index (κ1) is 14.4. The molecule has 1 N–H and O–H groups in total. The van der Waals surface area contributed by atoms with Gasteiger partial charge in [0.05, 0.1) is 12.6 Å². The molecule has 3 rings (SSSR count). The largest absolute Gasteiger partial charge is 0.367 e. The predicted molar refractivity (Wildman–Crippen MR) is 79.0 cm³/mol. The zero-order chi connectivity index (χ0) is 14.7. The molecule has 2 unspecified atom stereocenters. The van der Waals surface area contributed by atoms with Crippen molar-refractivity contribution < 1.29 is 14.2 Å². The molecule has 1 fully saturated rings. The molecule has 3 atom stereocenters. The van der Waals surface area contributed by atoms with Crippen molar-refractivity contribution in [2.45, 2.75) is 25.3 Å². The maximum atomic E-state index is 13.1. The highest BCUT2D eigenvalue weighted by Gasteiger charge is 2.36. The highest BCUT2D eigenvalue weighted by Crippen LogP contribution is 2.29. The lowest BCUT2D eigenvalue weighted by Gasteiger charge is -2.42. The average Bonchev–Trinajstić information content (AvgIpc) is 2.50. The smallest absolute Gasteiger partial charge is 0.170 e. The Morgan fingerprint density at radius 3 is 2.81 bits per heavy atom. The first-order valence-corrected chi connectivity index (χ1v) is 7.35. The molecule has 3 nitrogen and oxygen atoms in total. The summed E-state index contributed by atoms with van der Waals surface area (Å²) in [7, 11) is 0. The summed E-state index contributed by atoms with van der Waals surface area (Å²) in [5.41, 5.74) is 1.21. The standard InChI is InChI=1S/C17H20FNO2/c18-15-8-6-14(7-9-15)16-17(20)21-11-10-19(16)12-13-4-2-1-3-5-13/h1-6,8-9,14,16-17,20H,7,10-12H2/t14?,16-,17?/m0/s1. The summed E-state index contributed by atoms with van der Waals surface area (Å²) >= 11 is 0. The van der Waals surface area contributed by atoms with Gasteiger partial charge >= 0.3 is 0 Å². The third kappa shape index (κ3) is 3.40. The minimum Gasteiger partial charge on any atom is -0.367 e. The molecule has 1 aromatic carbocycles. The molecule has 0 amide bonds. The number of rotatable bonds is 3. The van der Waals surface area contributed by atoms with Crippen molar-refractivity contribution >= 4 is 0 Å². The summed E-state index contributed by atoms with van der Waals surface area (Å²) < 4.78 is 18.5. The molecular formula is C17H20FNO2. The van der Waals surface area contributed by atoms with Crippen molar-refractivity contribution in [3.05, 3.63) is 60.0 Å². The van der Waals surface area contributed by atoms with Crippen molar-refractivity contribution in [2.75, 3.05) is 13.2 Å². The predicted octanol–water partition coefficient (Wildman–Crippen LogP) is 2.64. The minimum absolute atomic E-state index is 0.0727. The number of allylic oxidation sites excluding steroid dienone is 3. The van der Waals surface area contributed by atoms with Gasteiger partial charge in [-0.25, -0.2) is 4.39 Å². The summed E-state index contributed by atoms with van der Waals surface area (Å²) in [4.78, 5) is 2.23. The van der Waals surface area contributed by atoms with Crippen LogP contribution in [0.15, 0.2) is 54.4 Å². The van der Waals surface area contributed by atoms with Crippen LogP contribution in [0.3, 0.4) is 0 Å². The molecule has 0 aromatic heterocycles. The van der Waals surface area contributed by atoms with Gasteiger partial charge in [-0.05, 0) is 24.1 Å². The molecule has 1 saturated heterocycles. The first-order chi connectivity index (χ1) is 10.2. The first-order valence-electron chi connectivity index (χ1n) is 7.35. The fourth-order valence-electron chi connectivity index (χ4n) is 3.07. The van der Waals surface area contributed by atoms with E-state index in [1.165, 1.54) is 11.6 Å². The monoisotopic (exact) mass is 289 g/mol. The summed E-state index contributed by atoms with van der Waals surface area (Å²) in [6.07, 6.45) is 4.67. The number of ether oxygens (including phenoxy) is 1. The number of nitrogens with zero attached hydrogens (tertiary/aromatic N) is 1. The Kier molecular flexibility index (Phi) is 4.48. The zero-order valence-corrected chi connectivity index (χ0v) is 11.9. The molecule has 0 radical (unpaired) electrons. The summed E-state index contributed by atoms with van der Waals surface area (Å²) in [5.74, 6) is -0.129. The van der Waals surface area contributed by atoms with Gasteiger partial charge in [0.1, 0.15) is 5.83 Å². The molecule has 1 aromatic rings. The van der Waals surface area contributed by atoms with E-state index < -0.39 is 6.29 Å². The van der Waals surface area contributed by atoms with Crippen LogP contribution in [0.4, 0.5) is 4.39 Å². The van der Waals surface area contributed by atoms with Crippen molar-refractivity contribution in [2.24, 2.45) is 5.92 Å². The minimum atomic E-state index is -0.827. The van der Waals surface area contributed by atoms with Crippen LogP contribution in [0.25, 0.3) is 0 Å². The quantitative estimate of drug-likeness (QED) is 0.928. The van der Waals surface area contributed by atoms with E-state index in [1.807, 2.05) is 24.3 Å². The Morgan fingerprint density at radius 1 is 1.29 bits per heavy atom. The lowest BCUT2D eigenvalue weighted by atomic mass is 9.89. The van der Waals surface area contributed by atoms with Gasteiger partial charge in [0, 0.05) is 19.0 Å². The van der Waals surface area contributed by atoms with Crippen LogP contribution in [-0.4, -0.2) is 35.5 Å². The van der Waals surface area contributed by atoms with E-state index in [4.69, 9.17) is 4.74 Å². The Balaban J connectivity index is 1.75. The molecule has 1 aliphatic heterocycles. The van der Waals surface area contributed by atoms with Gasteiger partial charge in [-0.2, -0.15) is 0 Å². The number of hydrogen-bond acceptors (Lipinski definition) is 3. The van der Waals surface area contributed by atoms with Crippen LogP contribution in [-0.2, 0) is 11.3 Å². The van der Waals surface area contributed by atoms with E-state index in [2.05, 4.69) is 17.0 Å². The number of benzene rings is 1. The van der Waals surface area contributed by atoms with Gasteiger partial charge in [0.25, 0.3) is 0 Å². The van der Waals surface area contributed by atoms with Crippen LogP contribution in [0.1, 0.15) is 12.0 Å². The van der Waals surface area contributed by atoms with Gasteiger partial charge in [0.15, 0.2) is 6.29 Å². The average molecular weight is 289 g/mol. The lowest BCUT2D eigenvalue weighted by Crippen LogP contribution is -2.54. The lowest BCUT2D eigenvalue weighted by molar-refractivity contribution is -0.190. The van der Waals surface area contributed by atoms with Crippen molar-refractivity contribution in [3.63, 3.8) is 0 Å². The van der Waals surface area contributed by atoms with Crippen molar-refractivity contribution in [1.29, 1.82) is 0 Å². The van der Waals surface area contributed by atoms with Gasteiger partial charge in [-0.3, -0.25) is 4.90 Å². The van der Waals surface area contributed by atoms with Crippen LogP contribution in [0, 0.1) is 5.92 Å². The van der Waals surface area contributed by atoms with E-state index in [1.54, 1.807) is 6.08 Å². The fourth-order valence-corrected chi connectivity index (χ4v) is 3.07. The van der Waals surface area contributed by atoms with Gasteiger partial charge < -0.3 is 9.84 Å². The summed E-state index contributed by atoms with van der Waals surface area (Å²) in [6.45, 7) is 2.06. The Hall–Kier alpha value is -1.49. The third-order valence-electron chi connectivity index (χ3n) is 4.14. The number of halogens is 1. The van der Waals surface area contributed by atoms with Gasteiger partial charge in [0.2, 0.25) is 0 Å². The van der Waals surface area contributed by atoms with E-state index in [-0.39, 0.29) is 17.8 Å². The second-order valence-corrected chi connectivity index (χ2v) is 5.56. The molecule has 0 saturated carbocycles. The maximum Gasteiger partial charge on any atom is 0.170 e. The second kappa shape index (κ2) is 6.52. The number of hydrogen-bond donors (Lipinski definition) is 1. The summed E-state index contributed by atoms with van der Waals surface area (Å²) in [6, 6.07) is 10.0. The Morgan fingerprint density at radius 2 is 2.10 bits per heavy atom. The molecule has 0 bridgehead atoms. The Bertz CT molecular complexity index is 529. The molecule has 0 spiro atoms. The normalized spacial score (nSPS) is 30.2. The van der Waals surface area contributed by atoms with Crippen LogP contribution in [0.2, 0.25) is 0 Å². The third-order valence-corrected chi connectivity index (χ3v) is 4.14. The molecule has 1 aliphatic carbocycles. The fraction of sp³-hybridized carbons (Fsp3) is 0.412. The second-order valence-electron chi connectivity index (χ2n) is 5.56. The van der Waals surface area contributed by atoms with Crippen LogP contribution in [0.5, 0.6) is 0 Å². The molecule has 21 heavy (non-hydrogen) atoms. The van der Waals surface area contributed by atoms with Crippen molar-refractivity contribution in [1.82, 2.24) is 4.90 Å².